The van der Waals surface area contributed by atoms with Crippen molar-refractivity contribution in [1.82, 2.24) is 4.31 Å². The molecular weight excluding hydrogens is 452 g/mol. The number of carbonyl (C=O) groups is 1. The lowest BCUT2D eigenvalue weighted by Gasteiger charge is -2.32. The number of carbonyl (C=O) groups excluding carboxylic acids is 1. The summed E-state index contributed by atoms with van der Waals surface area (Å²) in [6.07, 6.45) is 1.19. The number of halogens is 1. The molecule has 3 rings (SSSR count). The fourth-order valence-corrected chi connectivity index (χ4v) is 6.44. The molecule has 0 aromatic heterocycles. The third kappa shape index (κ3) is 4.87. The van der Waals surface area contributed by atoms with E-state index in [1.54, 1.807) is 26.0 Å². The second kappa shape index (κ2) is 9.68. The number of rotatable bonds is 6. The van der Waals surface area contributed by atoms with Crippen LogP contribution < -0.4 is 14.8 Å². The van der Waals surface area contributed by atoms with Gasteiger partial charge in [0, 0.05) is 25.2 Å². The Hall–Kier alpha value is -2.29. The number of methoxy groups -OCH3 is 2. The van der Waals surface area contributed by atoms with E-state index < -0.39 is 15.9 Å². The van der Waals surface area contributed by atoms with Gasteiger partial charge in [-0.3, -0.25) is 4.79 Å². The highest BCUT2D eigenvalue weighted by Crippen LogP contribution is 2.36. The van der Waals surface area contributed by atoms with Crippen molar-refractivity contribution in [1.29, 1.82) is 0 Å². The second-order valence-corrected chi connectivity index (χ2v) is 10.4. The van der Waals surface area contributed by atoms with Crippen LogP contribution in [0.1, 0.15) is 29.5 Å². The number of piperidine rings is 1. The Balaban J connectivity index is 1.83. The average molecular weight is 481 g/mol. The van der Waals surface area contributed by atoms with Crippen LogP contribution in [0.15, 0.2) is 29.2 Å². The largest absolute Gasteiger partial charge is 0.495 e. The van der Waals surface area contributed by atoms with Gasteiger partial charge in [-0.2, -0.15) is 4.31 Å². The molecule has 1 atom stereocenters. The van der Waals surface area contributed by atoms with Crippen LogP contribution in [0.25, 0.3) is 0 Å². The number of anilines is 1. The number of nitrogens with one attached hydrogen (secondary N) is 1. The maximum Gasteiger partial charge on any atom is 0.243 e. The molecule has 0 unspecified atom stereocenters. The van der Waals surface area contributed by atoms with E-state index in [1.165, 1.54) is 18.5 Å². The summed E-state index contributed by atoms with van der Waals surface area (Å²) in [6.45, 7) is 6.06. The van der Waals surface area contributed by atoms with Gasteiger partial charge in [-0.05, 0) is 44.7 Å². The van der Waals surface area contributed by atoms with Crippen LogP contribution in [0.3, 0.4) is 0 Å². The summed E-state index contributed by atoms with van der Waals surface area (Å²) in [7, 11) is -0.752. The molecule has 1 heterocycles. The van der Waals surface area contributed by atoms with Crippen LogP contribution in [0.4, 0.5) is 5.69 Å². The molecule has 0 spiro atoms. The zero-order valence-electron chi connectivity index (χ0n) is 19.0. The molecule has 7 nitrogen and oxygen atoms in total. The zero-order valence-corrected chi connectivity index (χ0v) is 20.6. The predicted octanol–water partition coefficient (Wildman–Crippen LogP) is 4.32. The second-order valence-electron chi connectivity index (χ2n) is 8.11. The van der Waals surface area contributed by atoms with Gasteiger partial charge in [-0.1, -0.05) is 29.3 Å². The van der Waals surface area contributed by atoms with Crippen LogP contribution in [-0.4, -0.2) is 45.9 Å². The van der Waals surface area contributed by atoms with E-state index in [2.05, 4.69) is 5.32 Å². The molecule has 1 amide bonds. The van der Waals surface area contributed by atoms with Gasteiger partial charge in [0.05, 0.1) is 35.7 Å². The molecule has 174 valence electrons. The Morgan fingerprint density at radius 1 is 1.06 bits per heavy atom. The van der Waals surface area contributed by atoms with Crippen molar-refractivity contribution in [3.05, 3.63) is 46.0 Å². The first kappa shape index (κ1) is 24.4. The Morgan fingerprint density at radius 2 is 1.69 bits per heavy atom. The van der Waals surface area contributed by atoms with Crippen LogP contribution in [0.5, 0.6) is 11.5 Å². The normalized spacial score (nSPS) is 17.1. The van der Waals surface area contributed by atoms with E-state index in [-0.39, 0.29) is 12.5 Å². The number of ether oxygens (including phenoxy) is 2. The highest BCUT2D eigenvalue weighted by molar-refractivity contribution is 7.89. The van der Waals surface area contributed by atoms with Crippen molar-refractivity contribution in [2.75, 3.05) is 32.6 Å². The molecule has 32 heavy (non-hydrogen) atoms. The molecule has 1 aliphatic rings. The Bertz CT molecular complexity index is 1110. The predicted molar refractivity (Wildman–Crippen MR) is 125 cm³/mol. The molecular formula is C23H29ClN2O5S. The first-order valence-electron chi connectivity index (χ1n) is 10.4. The average Bonchev–Trinajstić information content (AvgIpc) is 2.73. The van der Waals surface area contributed by atoms with E-state index in [4.69, 9.17) is 21.1 Å². The smallest absolute Gasteiger partial charge is 0.243 e. The molecule has 2 aromatic carbocycles. The van der Waals surface area contributed by atoms with Crippen LogP contribution in [0.2, 0.25) is 5.02 Å². The third-order valence-corrected chi connectivity index (χ3v) is 8.16. The van der Waals surface area contributed by atoms with Crippen molar-refractivity contribution < 1.29 is 22.7 Å². The number of sulfonamides is 1. The van der Waals surface area contributed by atoms with Crippen LogP contribution in [-0.2, 0) is 14.8 Å². The van der Waals surface area contributed by atoms with Gasteiger partial charge in [0.15, 0.2) is 0 Å². The summed E-state index contributed by atoms with van der Waals surface area (Å²) >= 11 is 6.14. The molecule has 1 N–H and O–H groups in total. The number of hydrogen-bond donors (Lipinski definition) is 1. The summed E-state index contributed by atoms with van der Waals surface area (Å²) in [6, 6.07) is 6.90. The third-order valence-electron chi connectivity index (χ3n) is 5.69. The summed E-state index contributed by atoms with van der Waals surface area (Å²) in [5.41, 5.74) is 2.87. The number of nitrogens with zero attached hydrogens (tertiary/aromatic N) is 1. The Kier molecular flexibility index (Phi) is 7.37. The van der Waals surface area contributed by atoms with Crippen molar-refractivity contribution in [3.63, 3.8) is 0 Å². The summed E-state index contributed by atoms with van der Waals surface area (Å²) in [5, 5.41) is 3.21. The zero-order chi connectivity index (χ0) is 23.6. The molecule has 2 aromatic rings. The quantitative estimate of drug-likeness (QED) is 0.665. The van der Waals surface area contributed by atoms with E-state index in [0.717, 1.165) is 5.56 Å². The first-order valence-corrected chi connectivity index (χ1v) is 12.2. The number of amides is 1. The number of aryl methyl sites for hydroxylation is 3. The van der Waals surface area contributed by atoms with Gasteiger partial charge in [-0.15, -0.1) is 0 Å². The molecule has 1 saturated heterocycles. The minimum Gasteiger partial charge on any atom is -0.495 e. The molecule has 0 aliphatic carbocycles. The van der Waals surface area contributed by atoms with Crippen molar-refractivity contribution >= 4 is 33.2 Å². The van der Waals surface area contributed by atoms with Crippen LogP contribution >= 0.6 is 11.6 Å². The van der Waals surface area contributed by atoms with Gasteiger partial charge >= 0.3 is 0 Å². The van der Waals surface area contributed by atoms with Gasteiger partial charge in [0.2, 0.25) is 15.9 Å². The van der Waals surface area contributed by atoms with Gasteiger partial charge < -0.3 is 14.8 Å². The van der Waals surface area contributed by atoms with E-state index >= 15 is 0 Å². The van der Waals surface area contributed by atoms with E-state index in [1.807, 2.05) is 19.1 Å². The molecule has 0 radical (unpaired) electrons. The van der Waals surface area contributed by atoms with E-state index in [0.29, 0.717) is 57.6 Å². The topological polar surface area (TPSA) is 84.9 Å². The summed E-state index contributed by atoms with van der Waals surface area (Å²) < 4.78 is 38.8. The molecule has 9 heteroatoms. The Labute approximate surface area is 194 Å². The minimum atomic E-state index is -3.72. The number of hydrogen-bond acceptors (Lipinski definition) is 5. The molecule has 0 saturated carbocycles. The molecule has 0 bridgehead atoms. The standard InChI is InChI=1S/C23H29ClN2O5S/c1-14-9-15(2)22(16(3)10-14)32(28,29)26-8-6-7-17(13-26)23(27)25-19-12-20(30-4)18(24)11-21(19)31-5/h9-12,17H,6-8,13H2,1-5H3,(H,25,27)/t17-/m1/s1. The summed E-state index contributed by atoms with van der Waals surface area (Å²) in [5.74, 6) is 0.0390. The SMILES string of the molecule is COc1cc(NC(=O)[C@@H]2CCCN(S(=O)(=O)c3c(C)cc(C)cc3C)C2)c(OC)cc1Cl. The van der Waals surface area contributed by atoms with Gasteiger partial charge in [0.1, 0.15) is 11.5 Å². The van der Waals surface area contributed by atoms with E-state index in [9.17, 15) is 13.2 Å². The fraction of sp³-hybridized carbons (Fsp3) is 0.435. The lowest BCUT2D eigenvalue weighted by Crippen LogP contribution is -2.44. The highest BCUT2D eigenvalue weighted by Gasteiger charge is 2.35. The highest BCUT2D eigenvalue weighted by atomic mass is 35.5. The fourth-order valence-electron chi connectivity index (χ4n) is 4.27. The summed E-state index contributed by atoms with van der Waals surface area (Å²) in [4.78, 5) is 13.4. The maximum atomic E-state index is 13.4. The van der Waals surface area contributed by atoms with Crippen molar-refractivity contribution in [2.24, 2.45) is 5.92 Å². The first-order chi connectivity index (χ1) is 15.1. The lowest BCUT2D eigenvalue weighted by atomic mass is 9.98. The Morgan fingerprint density at radius 3 is 2.28 bits per heavy atom. The monoisotopic (exact) mass is 480 g/mol. The minimum absolute atomic E-state index is 0.119. The lowest BCUT2D eigenvalue weighted by molar-refractivity contribution is -0.120. The molecule has 1 fully saturated rings. The number of benzene rings is 2. The van der Waals surface area contributed by atoms with Gasteiger partial charge in [0.25, 0.3) is 0 Å². The van der Waals surface area contributed by atoms with Crippen molar-refractivity contribution in [3.8, 4) is 11.5 Å². The van der Waals surface area contributed by atoms with Crippen LogP contribution in [0, 0.1) is 26.7 Å². The molecule has 1 aliphatic heterocycles. The maximum absolute atomic E-state index is 13.4. The van der Waals surface area contributed by atoms with Gasteiger partial charge in [-0.25, -0.2) is 8.42 Å². The van der Waals surface area contributed by atoms with Crippen molar-refractivity contribution in [2.45, 2.75) is 38.5 Å².